The minimum Gasteiger partial charge on any atom is -0.452 e. The van der Waals surface area contributed by atoms with Gasteiger partial charge < -0.3 is 10.1 Å². The summed E-state index contributed by atoms with van der Waals surface area (Å²) in [5.74, 6) is -2.06. The van der Waals surface area contributed by atoms with Crippen LogP contribution in [0.25, 0.3) is 0 Å². The normalized spacial score (nSPS) is 11.3. The van der Waals surface area contributed by atoms with Crippen molar-refractivity contribution >= 4 is 39.2 Å². The maximum atomic E-state index is 12.8. The molecule has 2 aromatic carbocycles. The zero-order chi connectivity index (χ0) is 20.2. The quantitative estimate of drug-likeness (QED) is 0.733. The van der Waals surface area contributed by atoms with E-state index in [-0.39, 0.29) is 15.5 Å². The van der Waals surface area contributed by atoms with Gasteiger partial charge in [0.25, 0.3) is 5.91 Å². The minimum absolute atomic E-state index is 0.0170. The summed E-state index contributed by atoms with van der Waals surface area (Å²) in [6.45, 7) is -0.628. The molecule has 2 aromatic rings. The molecule has 27 heavy (non-hydrogen) atoms. The first-order chi connectivity index (χ1) is 12.6. The van der Waals surface area contributed by atoms with Gasteiger partial charge in [0.1, 0.15) is 5.82 Å². The molecule has 0 aliphatic heterocycles. The van der Waals surface area contributed by atoms with Gasteiger partial charge in [-0.3, -0.25) is 4.79 Å². The van der Waals surface area contributed by atoms with Gasteiger partial charge in [-0.25, -0.2) is 21.9 Å². The Labute approximate surface area is 160 Å². The highest BCUT2D eigenvalue weighted by molar-refractivity contribution is 7.89. The Morgan fingerprint density at radius 2 is 1.78 bits per heavy atom. The van der Waals surface area contributed by atoms with Crippen molar-refractivity contribution in [1.82, 2.24) is 4.31 Å². The fraction of sp³-hybridized carbons (Fsp3) is 0.176. The molecule has 1 N–H and O–H groups in total. The Hall–Kier alpha value is -2.49. The zero-order valence-electron chi connectivity index (χ0n) is 14.4. The lowest BCUT2D eigenvalue weighted by atomic mass is 10.2. The van der Waals surface area contributed by atoms with Gasteiger partial charge in [-0.15, -0.1) is 0 Å². The molecular weight excluding hydrogens is 399 g/mol. The van der Waals surface area contributed by atoms with Gasteiger partial charge in [0.05, 0.1) is 15.5 Å². The number of carbonyl (C=O) groups is 2. The monoisotopic (exact) mass is 414 g/mol. The van der Waals surface area contributed by atoms with Crippen LogP contribution in [-0.2, 0) is 19.6 Å². The molecular formula is C17H16ClFN2O5S. The van der Waals surface area contributed by atoms with Crippen molar-refractivity contribution in [1.29, 1.82) is 0 Å². The molecule has 10 heteroatoms. The number of amides is 1. The van der Waals surface area contributed by atoms with Crippen LogP contribution in [0, 0.1) is 5.82 Å². The number of halogens is 2. The van der Waals surface area contributed by atoms with E-state index >= 15 is 0 Å². The predicted octanol–water partition coefficient (Wildman–Crippen LogP) is 2.52. The van der Waals surface area contributed by atoms with Crippen molar-refractivity contribution < 1.29 is 27.1 Å². The van der Waals surface area contributed by atoms with E-state index in [1.807, 2.05) is 0 Å². The van der Waals surface area contributed by atoms with E-state index in [2.05, 4.69) is 5.32 Å². The van der Waals surface area contributed by atoms with Crippen LogP contribution >= 0.6 is 11.6 Å². The lowest BCUT2D eigenvalue weighted by Crippen LogP contribution is -2.23. The maximum Gasteiger partial charge on any atom is 0.340 e. The van der Waals surface area contributed by atoms with Crippen molar-refractivity contribution in [2.75, 3.05) is 26.0 Å². The van der Waals surface area contributed by atoms with Gasteiger partial charge in [-0.05, 0) is 42.5 Å². The second-order valence-corrected chi connectivity index (χ2v) is 8.12. The summed E-state index contributed by atoms with van der Waals surface area (Å²) in [5, 5.41) is 2.41. The molecule has 0 atom stereocenters. The number of benzene rings is 2. The van der Waals surface area contributed by atoms with Crippen LogP contribution in [0.15, 0.2) is 47.4 Å². The highest BCUT2D eigenvalue weighted by atomic mass is 35.5. The first-order valence-electron chi connectivity index (χ1n) is 7.56. The smallest absolute Gasteiger partial charge is 0.340 e. The van der Waals surface area contributed by atoms with E-state index in [0.29, 0.717) is 5.69 Å². The first kappa shape index (κ1) is 20.8. The third-order valence-corrected chi connectivity index (χ3v) is 5.54. The molecule has 0 fully saturated rings. The number of anilines is 1. The van der Waals surface area contributed by atoms with Crippen LogP contribution in [-0.4, -0.2) is 45.3 Å². The Balaban J connectivity index is 2.07. The first-order valence-corrected chi connectivity index (χ1v) is 9.37. The summed E-state index contributed by atoms with van der Waals surface area (Å²) in [7, 11) is -1.07. The van der Waals surface area contributed by atoms with Crippen LogP contribution in [0.1, 0.15) is 10.4 Å². The van der Waals surface area contributed by atoms with E-state index in [0.717, 1.165) is 22.5 Å². The summed E-state index contributed by atoms with van der Waals surface area (Å²) in [4.78, 5) is 23.8. The predicted molar refractivity (Wildman–Crippen MR) is 97.6 cm³/mol. The third kappa shape index (κ3) is 5.25. The molecule has 0 spiro atoms. The van der Waals surface area contributed by atoms with Gasteiger partial charge in [-0.2, -0.15) is 0 Å². The molecule has 0 radical (unpaired) electrons. The van der Waals surface area contributed by atoms with Crippen LogP contribution < -0.4 is 5.32 Å². The molecule has 0 aliphatic carbocycles. The summed E-state index contributed by atoms with van der Waals surface area (Å²) < 4.78 is 43.0. The molecule has 0 aromatic heterocycles. The fourth-order valence-electron chi connectivity index (χ4n) is 1.97. The fourth-order valence-corrected chi connectivity index (χ4v) is 3.09. The molecule has 0 unspecified atom stereocenters. The Bertz CT molecular complexity index is 962. The van der Waals surface area contributed by atoms with E-state index in [1.165, 1.54) is 38.4 Å². The third-order valence-electron chi connectivity index (χ3n) is 3.40. The van der Waals surface area contributed by atoms with Crippen molar-refractivity contribution in [3.8, 4) is 0 Å². The number of sulfonamides is 1. The highest BCUT2D eigenvalue weighted by Gasteiger charge is 2.22. The molecule has 1 amide bonds. The van der Waals surface area contributed by atoms with Crippen molar-refractivity contribution in [3.05, 3.63) is 58.9 Å². The van der Waals surface area contributed by atoms with E-state index in [4.69, 9.17) is 16.3 Å². The zero-order valence-corrected chi connectivity index (χ0v) is 16.0. The number of nitrogens with one attached hydrogen (secondary N) is 1. The Morgan fingerprint density at radius 3 is 2.37 bits per heavy atom. The molecule has 144 valence electrons. The number of nitrogens with zero attached hydrogens (tertiary/aromatic N) is 1. The second kappa shape index (κ2) is 8.47. The van der Waals surface area contributed by atoms with Crippen LogP contribution in [0.3, 0.4) is 0 Å². The topological polar surface area (TPSA) is 92.8 Å². The van der Waals surface area contributed by atoms with E-state index < -0.39 is 34.3 Å². The van der Waals surface area contributed by atoms with Crippen molar-refractivity contribution in [2.45, 2.75) is 4.90 Å². The molecule has 0 bridgehead atoms. The molecule has 0 aliphatic rings. The Kier molecular flexibility index (Phi) is 6.53. The number of esters is 1. The van der Waals surface area contributed by atoms with E-state index in [9.17, 15) is 22.4 Å². The summed E-state index contributed by atoms with van der Waals surface area (Å²) in [6, 6.07) is 8.62. The van der Waals surface area contributed by atoms with Crippen molar-refractivity contribution in [2.24, 2.45) is 0 Å². The van der Waals surface area contributed by atoms with Gasteiger partial charge in [0.2, 0.25) is 10.0 Å². The largest absolute Gasteiger partial charge is 0.452 e. The number of hydrogen-bond donors (Lipinski definition) is 1. The van der Waals surface area contributed by atoms with Gasteiger partial charge in [0.15, 0.2) is 6.61 Å². The molecule has 0 saturated carbocycles. The van der Waals surface area contributed by atoms with E-state index in [1.54, 1.807) is 0 Å². The average Bonchev–Trinajstić information content (AvgIpc) is 2.61. The second-order valence-electron chi connectivity index (χ2n) is 5.56. The van der Waals surface area contributed by atoms with Gasteiger partial charge >= 0.3 is 5.97 Å². The average molecular weight is 415 g/mol. The van der Waals surface area contributed by atoms with Gasteiger partial charge in [0, 0.05) is 19.8 Å². The summed E-state index contributed by atoms with van der Waals surface area (Å²) in [6.07, 6.45) is 0. The lowest BCUT2D eigenvalue weighted by Gasteiger charge is -2.13. The lowest BCUT2D eigenvalue weighted by molar-refractivity contribution is -0.119. The molecule has 2 rings (SSSR count). The van der Waals surface area contributed by atoms with Crippen LogP contribution in [0.4, 0.5) is 10.1 Å². The Morgan fingerprint density at radius 1 is 1.15 bits per heavy atom. The minimum atomic E-state index is -3.77. The number of rotatable bonds is 6. The van der Waals surface area contributed by atoms with Crippen LogP contribution in [0.2, 0.25) is 5.02 Å². The number of carbonyl (C=O) groups excluding carboxylic acids is 2. The number of ether oxygens (including phenoxy) is 1. The molecule has 7 nitrogen and oxygen atoms in total. The molecule has 0 heterocycles. The maximum absolute atomic E-state index is 12.8. The van der Waals surface area contributed by atoms with Crippen molar-refractivity contribution in [3.63, 3.8) is 0 Å². The standard InChI is InChI=1S/C17H16ClFN2O5S/c1-21(2)27(24,25)13-7-8-15(18)14(9-13)17(23)26-10-16(22)20-12-5-3-11(19)4-6-12/h3-9H,10H2,1-2H3,(H,20,22). The highest BCUT2D eigenvalue weighted by Crippen LogP contribution is 2.23. The summed E-state index contributed by atoms with van der Waals surface area (Å²) >= 11 is 5.94. The summed E-state index contributed by atoms with van der Waals surface area (Å²) in [5.41, 5.74) is 0.142. The molecule has 0 saturated heterocycles. The SMILES string of the molecule is CN(C)S(=O)(=O)c1ccc(Cl)c(C(=O)OCC(=O)Nc2ccc(F)cc2)c1. The van der Waals surface area contributed by atoms with Gasteiger partial charge in [-0.1, -0.05) is 11.6 Å². The van der Waals surface area contributed by atoms with Crippen LogP contribution in [0.5, 0.6) is 0 Å². The number of hydrogen-bond acceptors (Lipinski definition) is 5.